The molecule has 0 aliphatic rings. The minimum absolute atomic E-state index is 0.0151. The normalized spacial score (nSPS) is 10.3. The van der Waals surface area contributed by atoms with Crippen molar-refractivity contribution in [1.29, 1.82) is 0 Å². The number of non-ortho nitro benzene ring substituents is 1. The highest BCUT2D eigenvalue weighted by atomic mass is 35.5. The maximum Gasteiger partial charge on any atom is 0.273 e. The Hall–Kier alpha value is -1.98. The number of benzene rings is 2. The molecule has 0 unspecified atom stereocenters. The number of hydrogen-bond acceptors (Lipinski definition) is 4. The lowest BCUT2D eigenvalue weighted by Crippen LogP contribution is -1.97. The Labute approximate surface area is 132 Å². The predicted octanol–water partition coefficient (Wildman–Crippen LogP) is 5.00. The number of nitrogens with zero attached hydrogens (tertiary/aromatic N) is 1. The van der Waals surface area contributed by atoms with Crippen LogP contribution in [0.2, 0.25) is 10.0 Å². The minimum atomic E-state index is -0.449. The van der Waals surface area contributed by atoms with E-state index in [2.05, 4.69) is 10.6 Å². The van der Waals surface area contributed by atoms with Crippen LogP contribution in [0.1, 0.15) is 5.56 Å². The van der Waals surface area contributed by atoms with E-state index in [1.807, 2.05) is 6.92 Å². The van der Waals surface area contributed by atoms with Crippen LogP contribution in [0.5, 0.6) is 0 Å². The first-order valence-electron chi connectivity index (χ1n) is 6.10. The van der Waals surface area contributed by atoms with E-state index in [1.165, 1.54) is 12.1 Å². The van der Waals surface area contributed by atoms with Crippen molar-refractivity contribution in [3.05, 3.63) is 56.1 Å². The summed E-state index contributed by atoms with van der Waals surface area (Å²) in [4.78, 5) is 10.5. The Bertz CT molecular complexity index is 705. The molecule has 2 rings (SSSR count). The van der Waals surface area contributed by atoms with Crippen LogP contribution in [0.25, 0.3) is 0 Å². The van der Waals surface area contributed by atoms with Crippen LogP contribution in [0, 0.1) is 17.0 Å². The minimum Gasteiger partial charge on any atom is -0.388 e. The third-order valence-electron chi connectivity index (χ3n) is 2.94. The van der Waals surface area contributed by atoms with Gasteiger partial charge in [0.05, 0.1) is 15.6 Å². The van der Waals surface area contributed by atoms with Crippen molar-refractivity contribution in [2.24, 2.45) is 0 Å². The van der Waals surface area contributed by atoms with Gasteiger partial charge in [0.15, 0.2) is 0 Å². The van der Waals surface area contributed by atoms with E-state index in [1.54, 1.807) is 25.2 Å². The number of anilines is 3. The zero-order valence-electron chi connectivity index (χ0n) is 11.4. The molecule has 0 radical (unpaired) electrons. The summed E-state index contributed by atoms with van der Waals surface area (Å²) in [7, 11) is 1.69. The maximum atomic E-state index is 10.9. The van der Waals surface area contributed by atoms with Crippen LogP contribution in [-0.4, -0.2) is 12.0 Å². The van der Waals surface area contributed by atoms with Crippen molar-refractivity contribution in [1.82, 2.24) is 0 Å². The summed E-state index contributed by atoms with van der Waals surface area (Å²) in [5.41, 5.74) is 2.62. The Morgan fingerprint density at radius 2 is 1.71 bits per heavy atom. The second-order valence-electron chi connectivity index (χ2n) is 4.48. The third-order valence-corrected chi connectivity index (χ3v) is 3.66. The topological polar surface area (TPSA) is 67.2 Å². The van der Waals surface area contributed by atoms with E-state index < -0.39 is 4.92 Å². The number of nitro groups is 1. The number of hydrogen-bond donors (Lipinski definition) is 2. The molecule has 0 saturated carbocycles. The first kappa shape index (κ1) is 15.4. The fourth-order valence-corrected chi connectivity index (χ4v) is 2.26. The molecule has 2 aromatic rings. The SMILES string of the molecule is CNc1cc(Nc2cc(Cl)c(C)cc2Cl)cc([N+](=O)[O-])c1. The van der Waals surface area contributed by atoms with Crippen LogP contribution in [-0.2, 0) is 0 Å². The first-order chi connectivity index (χ1) is 9.90. The summed E-state index contributed by atoms with van der Waals surface area (Å²) in [6, 6.07) is 8.07. The molecule has 0 aromatic heterocycles. The van der Waals surface area contributed by atoms with Crippen molar-refractivity contribution in [3.63, 3.8) is 0 Å². The Morgan fingerprint density at radius 3 is 2.33 bits per heavy atom. The van der Waals surface area contributed by atoms with E-state index in [4.69, 9.17) is 23.2 Å². The van der Waals surface area contributed by atoms with E-state index >= 15 is 0 Å². The molecule has 0 bridgehead atoms. The molecule has 110 valence electrons. The molecule has 0 atom stereocenters. The largest absolute Gasteiger partial charge is 0.388 e. The Kier molecular flexibility index (Phi) is 4.55. The average Bonchev–Trinajstić information content (AvgIpc) is 2.44. The number of nitrogens with one attached hydrogen (secondary N) is 2. The summed E-state index contributed by atoms with van der Waals surface area (Å²) in [6.45, 7) is 1.85. The summed E-state index contributed by atoms with van der Waals surface area (Å²) in [6.07, 6.45) is 0. The monoisotopic (exact) mass is 325 g/mol. The number of halogens is 2. The van der Waals surface area contributed by atoms with Crippen molar-refractivity contribution >= 4 is 46.0 Å². The zero-order chi connectivity index (χ0) is 15.6. The molecule has 0 saturated heterocycles. The first-order valence-corrected chi connectivity index (χ1v) is 6.86. The van der Waals surface area contributed by atoms with Gasteiger partial charge in [-0.1, -0.05) is 23.2 Å². The van der Waals surface area contributed by atoms with Gasteiger partial charge in [-0.3, -0.25) is 10.1 Å². The summed E-state index contributed by atoms with van der Waals surface area (Å²) in [5, 5.41) is 17.9. The summed E-state index contributed by atoms with van der Waals surface area (Å²) >= 11 is 12.2. The molecule has 2 N–H and O–H groups in total. The Balaban J connectivity index is 2.41. The molecule has 0 amide bonds. The molecule has 0 fully saturated rings. The van der Waals surface area contributed by atoms with Crippen molar-refractivity contribution in [2.75, 3.05) is 17.7 Å². The van der Waals surface area contributed by atoms with Gasteiger partial charge in [0.2, 0.25) is 0 Å². The highest BCUT2D eigenvalue weighted by molar-refractivity contribution is 6.35. The lowest BCUT2D eigenvalue weighted by molar-refractivity contribution is -0.384. The molecular weight excluding hydrogens is 313 g/mol. The van der Waals surface area contributed by atoms with Gasteiger partial charge in [0.1, 0.15) is 0 Å². The molecule has 0 spiro atoms. The molecular formula is C14H13Cl2N3O2. The highest BCUT2D eigenvalue weighted by Crippen LogP contribution is 2.33. The average molecular weight is 326 g/mol. The van der Waals surface area contributed by atoms with Crippen LogP contribution in [0.4, 0.5) is 22.7 Å². The van der Waals surface area contributed by atoms with Gasteiger partial charge in [-0.25, -0.2) is 0 Å². The van der Waals surface area contributed by atoms with Gasteiger partial charge in [-0.2, -0.15) is 0 Å². The maximum absolute atomic E-state index is 10.9. The third kappa shape index (κ3) is 3.56. The second-order valence-corrected chi connectivity index (χ2v) is 5.30. The number of rotatable bonds is 4. The number of aryl methyl sites for hydroxylation is 1. The zero-order valence-corrected chi connectivity index (χ0v) is 12.9. The molecule has 0 heterocycles. The fourth-order valence-electron chi connectivity index (χ4n) is 1.83. The van der Waals surface area contributed by atoms with E-state index in [9.17, 15) is 10.1 Å². The lowest BCUT2D eigenvalue weighted by atomic mass is 10.2. The van der Waals surface area contributed by atoms with Gasteiger partial charge >= 0.3 is 0 Å². The molecule has 7 heteroatoms. The smallest absolute Gasteiger partial charge is 0.273 e. The summed E-state index contributed by atoms with van der Waals surface area (Å²) in [5.74, 6) is 0. The molecule has 2 aromatic carbocycles. The lowest BCUT2D eigenvalue weighted by Gasteiger charge is -2.11. The van der Waals surface area contributed by atoms with E-state index in [-0.39, 0.29) is 5.69 Å². The van der Waals surface area contributed by atoms with E-state index in [0.717, 1.165) is 5.56 Å². The van der Waals surface area contributed by atoms with Gasteiger partial charge in [-0.15, -0.1) is 0 Å². The van der Waals surface area contributed by atoms with Crippen LogP contribution in [0.15, 0.2) is 30.3 Å². The van der Waals surface area contributed by atoms with Crippen LogP contribution < -0.4 is 10.6 Å². The molecule has 0 aliphatic carbocycles. The van der Waals surface area contributed by atoms with Gasteiger partial charge in [0, 0.05) is 35.6 Å². The van der Waals surface area contributed by atoms with Crippen LogP contribution in [0.3, 0.4) is 0 Å². The van der Waals surface area contributed by atoms with Crippen molar-refractivity contribution in [3.8, 4) is 0 Å². The molecule has 5 nitrogen and oxygen atoms in total. The molecule has 21 heavy (non-hydrogen) atoms. The van der Waals surface area contributed by atoms with Gasteiger partial charge in [-0.05, 0) is 30.7 Å². The predicted molar refractivity (Wildman–Crippen MR) is 87.1 cm³/mol. The Morgan fingerprint density at radius 1 is 1.05 bits per heavy atom. The summed E-state index contributed by atoms with van der Waals surface area (Å²) < 4.78 is 0. The van der Waals surface area contributed by atoms with Gasteiger partial charge in [0.25, 0.3) is 5.69 Å². The quantitative estimate of drug-likeness (QED) is 0.613. The molecule has 0 aliphatic heterocycles. The second kappa shape index (κ2) is 6.20. The fraction of sp³-hybridized carbons (Fsp3) is 0.143. The standard InChI is InChI=1S/C14H13Cl2N3O2/c1-8-3-13(16)14(7-12(8)15)18-10-4-9(17-2)5-11(6-10)19(20)21/h3-7,17-18H,1-2H3. The number of nitro benzene ring substituents is 1. The van der Waals surface area contributed by atoms with Gasteiger partial charge < -0.3 is 10.6 Å². The van der Waals surface area contributed by atoms with Crippen LogP contribution >= 0.6 is 23.2 Å². The van der Waals surface area contributed by atoms with E-state index in [0.29, 0.717) is 27.1 Å². The van der Waals surface area contributed by atoms with Crippen molar-refractivity contribution < 1.29 is 4.92 Å². The highest BCUT2D eigenvalue weighted by Gasteiger charge is 2.11. The van der Waals surface area contributed by atoms with Crippen molar-refractivity contribution in [2.45, 2.75) is 6.92 Å².